The molecule has 0 bridgehead atoms. The number of nitrogens with one attached hydrogen (secondary N) is 6. The molecule has 2 atom stereocenters. The number of urea groups is 2. The predicted molar refractivity (Wildman–Crippen MR) is 332 cm³/mol. The average Bonchev–Trinajstić information content (AvgIpc) is 0.979. The molecule has 0 saturated heterocycles. The minimum Gasteiger partial charge on any atom is -0.379 e. The number of amides is 5. The Labute approximate surface area is 525 Å². The topological polar surface area (TPSA) is 257 Å². The van der Waals surface area contributed by atoms with Gasteiger partial charge in [-0.2, -0.15) is 0 Å². The summed E-state index contributed by atoms with van der Waals surface area (Å²) in [5.41, 5.74) is 5.59. The number of hydrogen-bond acceptors (Lipinski definition) is 15. The van der Waals surface area contributed by atoms with Crippen LogP contribution in [0, 0.1) is 0 Å². The molecule has 476 valence electrons. The van der Waals surface area contributed by atoms with E-state index in [9.17, 15) is 31.2 Å². The quantitative estimate of drug-likeness (QED) is 0.0280. The van der Waals surface area contributed by atoms with E-state index >= 15 is 0 Å². The molecular formula is C58H81Cl4N9O13S2. The third-order valence-corrected chi connectivity index (χ3v) is 18.0. The van der Waals surface area contributed by atoms with Gasteiger partial charge in [0.05, 0.1) is 75.9 Å². The summed E-state index contributed by atoms with van der Waals surface area (Å²) >= 11 is 25.8. The minimum atomic E-state index is -3.83. The van der Waals surface area contributed by atoms with Crippen molar-refractivity contribution in [3.8, 4) is 0 Å². The van der Waals surface area contributed by atoms with E-state index < -0.39 is 32.1 Å². The monoisotopic (exact) mass is 1320 g/mol. The van der Waals surface area contributed by atoms with Crippen LogP contribution in [-0.4, -0.2) is 208 Å². The lowest BCUT2D eigenvalue weighted by Crippen LogP contribution is -2.46. The van der Waals surface area contributed by atoms with Gasteiger partial charge >= 0.3 is 12.1 Å². The van der Waals surface area contributed by atoms with E-state index in [1.165, 1.54) is 0 Å². The van der Waals surface area contributed by atoms with Crippen LogP contribution in [0.25, 0.3) is 0 Å². The van der Waals surface area contributed by atoms with Crippen molar-refractivity contribution < 1.29 is 59.6 Å². The zero-order valence-electron chi connectivity index (χ0n) is 48.9. The van der Waals surface area contributed by atoms with Crippen molar-refractivity contribution in [2.45, 2.75) is 54.5 Å². The first-order valence-electron chi connectivity index (χ1n) is 28.6. The number of fused-ring (bicyclic) bond motifs is 2. The largest absolute Gasteiger partial charge is 0.379 e. The SMILES string of the molecule is CCOCCOCCCC(=O)N(CCNC(=O)NCCOCCOCCNS(=O)(=O)c1cccc([C@@H]2CN(C)Cc3c(Cl)cc(Cl)cc32)c1)CCNC(=O)NCCOCCOCCNS(=O)(=O)c1cccc([C@@H]2CN(C)Cc3c(Cl)cc(Cl)cc32)c1. The maximum Gasteiger partial charge on any atom is 0.314 e. The molecule has 4 aromatic rings. The zero-order valence-corrected chi connectivity index (χ0v) is 53.6. The molecule has 4 aromatic carbocycles. The lowest BCUT2D eigenvalue weighted by molar-refractivity contribution is -0.131. The highest BCUT2D eigenvalue weighted by Gasteiger charge is 2.30. The Balaban J connectivity index is 0.795. The van der Waals surface area contributed by atoms with E-state index in [0.717, 1.165) is 33.4 Å². The second-order valence-electron chi connectivity index (χ2n) is 20.5. The van der Waals surface area contributed by atoms with Crippen molar-refractivity contribution in [2.75, 3.05) is 159 Å². The summed E-state index contributed by atoms with van der Waals surface area (Å²) in [4.78, 5) is 44.5. The molecule has 0 aliphatic carbocycles. The number of halogens is 4. The van der Waals surface area contributed by atoms with Crippen LogP contribution in [-0.2, 0) is 66.4 Å². The van der Waals surface area contributed by atoms with Crippen LogP contribution in [0.3, 0.4) is 0 Å². The second-order valence-corrected chi connectivity index (χ2v) is 25.7. The number of rotatable bonds is 38. The fourth-order valence-corrected chi connectivity index (χ4v) is 13.1. The van der Waals surface area contributed by atoms with Crippen molar-refractivity contribution in [3.05, 3.63) is 126 Å². The normalized spacial score (nSPS) is 15.4. The fraction of sp³-hybridized carbons (Fsp3) is 0.534. The molecule has 6 rings (SSSR count). The van der Waals surface area contributed by atoms with Gasteiger partial charge < -0.3 is 64.4 Å². The minimum absolute atomic E-state index is 0.0479. The molecule has 0 saturated carbocycles. The van der Waals surface area contributed by atoms with E-state index in [-0.39, 0.29) is 139 Å². The Kier molecular flexibility index (Phi) is 30.3. The van der Waals surface area contributed by atoms with Crippen molar-refractivity contribution >= 4 is 84.4 Å². The smallest absolute Gasteiger partial charge is 0.314 e. The molecule has 0 fully saturated rings. The molecule has 86 heavy (non-hydrogen) atoms. The summed E-state index contributed by atoms with van der Waals surface area (Å²) in [7, 11) is -3.68. The molecule has 2 aliphatic rings. The van der Waals surface area contributed by atoms with Crippen LogP contribution in [0.4, 0.5) is 9.59 Å². The van der Waals surface area contributed by atoms with Crippen LogP contribution in [0.2, 0.25) is 20.1 Å². The van der Waals surface area contributed by atoms with Crippen molar-refractivity contribution in [3.63, 3.8) is 0 Å². The third kappa shape index (κ3) is 23.5. The molecule has 0 radical (unpaired) electrons. The van der Waals surface area contributed by atoms with E-state index in [1.807, 2.05) is 45.3 Å². The van der Waals surface area contributed by atoms with Gasteiger partial charge in [0.1, 0.15) is 0 Å². The molecular weight excluding hydrogens is 1240 g/mol. The van der Waals surface area contributed by atoms with E-state index in [0.29, 0.717) is 79.1 Å². The highest BCUT2D eigenvalue weighted by atomic mass is 35.5. The number of nitrogens with zero attached hydrogens (tertiary/aromatic N) is 3. The number of hydrogen-bond donors (Lipinski definition) is 6. The van der Waals surface area contributed by atoms with Gasteiger partial charge in [-0.15, -0.1) is 0 Å². The first-order valence-corrected chi connectivity index (χ1v) is 33.1. The molecule has 0 aromatic heterocycles. The standard InChI is InChI=1S/C58H81Cl4N9O13S2/c1-4-79-26-27-80-21-7-12-56(72)71(19-13-63-57(73)65-15-22-81-28-30-83-24-17-67-85(75,76)46-10-5-8-42(32-46)50-38-69(2)40-52-48(50)34-44(59)36-54(52)61)20-14-64-58(74)66-16-23-82-29-31-84-25-18-68-86(77,78)47-11-6-9-43(33-47)51-39-70(3)41-53-49(51)35-45(60)37-55(53)62/h5-6,8-11,32-37,50-51,67-68H,4,7,12-31,38-41H2,1-3H3,(H2,63,65,73)(H2,64,66,74)/t50-,51-/m0/s1. The number of carbonyl (C=O) groups excluding carboxylic acids is 3. The third-order valence-electron chi connectivity index (χ3n) is 14.0. The summed E-state index contributed by atoms with van der Waals surface area (Å²) in [5.74, 6) is -0.398. The van der Waals surface area contributed by atoms with E-state index in [1.54, 1.807) is 53.4 Å². The van der Waals surface area contributed by atoms with Crippen LogP contribution >= 0.6 is 46.4 Å². The Bertz CT molecular complexity index is 2860. The molecule has 0 unspecified atom stereocenters. The Morgan fingerprint density at radius 3 is 1.35 bits per heavy atom. The first-order chi connectivity index (χ1) is 41.3. The molecule has 0 spiro atoms. The van der Waals surface area contributed by atoms with Gasteiger partial charge in [-0.3, -0.25) is 4.79 Å². The van der Waals surface area contributed by atoms with E-state index in [4.69, 9.17) is 74.8 Å². The zero-order chi connectivity index (χ0) is 61.9. The highest BCUT2D eigenvalue weighted by Crippen LogP contribution is 2.40. The summed E-state index contributed by atoms with van der Waals surface area (Å²) in [6.07, 6.45) is 0.681. The van der Waals surface area contributed by atoms with Gasteiger partial charge in [-0.1, -0.05) is 70.7 Å². The van der Waals surface area contributed by atoms with Gasteiger partial charge in [0.25, 0.3) is 0 Å². The van der Waals surface area contributed by atoms with Crippen molar-refractivity contribution in [1.82, 2.24) is 45.4 Å². The summed E-state index contributed by atoms with van der Waals surface area (Å²) < 4.78 is 91.3. The van der Waals surface area contributed by atoms with Gasteiger partial charge in [0, 0.05) is 130 Å². The number of ether oxygens (including phenoxy) is 6. The maximum absolute atomic E-state index is 13.2. The van der Waals surface area contributed by atoms with Gasteiger partial charge in [-0.25, -0.2) is 35.9 Å². The number of carbonyl (C=O) groups is 3. The maximum atomic E-state index is 13.2. The van der Waals surface area contributed by atoms with Gasteiger partial charge in [0.2, 0.25) is 26.0 Å². The molecule has 22 nitrogen and oxygen atoms in total. The summed E-state index contributed by atoms with van der Waals surface area (Å²) in [5, 5.41) is 13.1. The molecule has 2 heterocycles. The number of sulfonamides is 2. The van der Waals surface area contributed by atoms with Gasteiger partial charge in [0.15, 0.2) is 0 Å². The van der Waals surface area contributed by atoms with Crippen molar-refractivity contribution in [2.24, 2.45) is 0 Å². The van der Waals surface area contributed by atoms with Crippen LogP contribution < -0.4 is 30.7 Å². The Morgan fingerprint density at radius 1 is 0.523 bits per heavy atom. The molecule has 2 aliphatic heterocycles. The molecule has 28 heteroatoms. The van der Waals surface area contributed by atoms with Crippen LogP contribution in [0.1, 0.15) is 65.0 Å². The molecule has 5 amide bonds. The lowest BCUT2D eigenvalue weighted by atomic mass is 9.85. The predicted octanol–water partition coefficient (Wildman–Crippen LogP) is 6.04. The van der Waals surface area contributed by atoms with Crippen LogP contribution in [0.5, 0.6) is 0 Å². The lowest BCUT2D eigenvalue weighted by Gasteiger charge is -2.33. The Morgan fingerprint density at radius 2 is 0.919 bits per heavy atom. The average molecular weight is 1320 g/mol. The number of benzene rings is 4. The Hall–Kier alpha value is -4.45. The van der Waals surface area contributed by atoms with Crippen molar-refractivity contribution in [1.29, 1.82) is 0 Å². The van der Waals surface area contributed by atoms with Crippen LogP contribution in [0.15, 0.2) is 82.6 Å². The fourth-order valence-electron chi connectivity index (χ4n) is 9.78. The molecule has 6 N–H and O–H groups in total. The second kappa shape index (κ2) is 36.9. The first kappa shape index (κ1) is 70.6. The van der Waals surface area contributed by atoms with E-state index in [2.05, 4.69) is 40.5 Å². The number of likely N-dealkylation sites (N-methyl/N-ethyl adjacent to an activating group) is 2. The highest BCUT2D eigenvalue weighted by molar-refractivity contribution is 7.89. The summed E-state index contributed by atoms with van der Waals surface area (Å²) in [6, 6.07) is 20.0. The van der Waals surface area contributed by atoms with Gasteiger partial charge in [-0.05, 0) is 109 Å². The summed E-state index contributed by atoms with van der Waals surface area (Å²) in [6.45, 7) is 9.03.